The molecule has 1 saturated carbocycles. The van der Waals surface area contributed by atoms with Crippen LogP contribution in [0.15, 0.2) is 4.99 Å². The average molecular weight is 197 g/mol. The fraction of sp³-hybridized carbons (Fsp3) is 0.909. The Morgan fingerprint density at radius 2 is 2.00 bits per heavy atom. The first-order valence-corrected chi connectivity index (χ1v) is 5.60. The van der Waals surface area contributed by atoms with Gasteiger partial charge in [0.2, 0.25) is 0 Å². The van der Waals surface area contributed by atoms with Crippen LogP contribution in [0.4, 0.5) is 0 Å². The smallest absolute Gasteiger partial charge is 0.188 e. The first kappa shape index (κ1) is 11.3. The maximum absolute atomic E-state index is 5.72. The lowest BCUT2D eigenvalue weighted by Gasteiger charge is -2.34. The van der Waals surface area contributed by atoms with Gasteiger partial charge in [0, 0.05) is 12.6 Å². The van der Waals surface area contributed by atoms with Gasteiger partial charge in [-0.2, -0.15) is 0 Å². The van der Waals surface area contributed by atoms with Crippen LogP contribution in [-0.2, 0) is 0 Å². The molecular weight excluding hydrogens is 174 g/mol. The molecule has 0 aromatic heterocycles. The van der Waals surface area contributed by atoms with Crippen LogP contribution >= 0.6 is 0 Å². The zero-order valence-electron chi connectivity index (χ0n) is 9.64. The summed E-state index contributed by atoms with van der Waals surface area (Å²) in [4.78, 5) is 4.14. The van der Waals surface area contributed by atoms with Gasteiger partial charge in [0.15, 0.2) is 5.96 Å². The van der Waals surface area contributed by atoms with Crippen molar-refractivity contribution in [3.63, 3.8) is 0 Å². The van der Waals surface area contributed by atoms with Gasteiger partial charge in [-0.15, -0.1) is 0 Å². The number of hydrogen-bond acceptors (Lipinski definition) is 1. The maximum atomic E-state index is 5.72. The number of nitrogens with zero attached hydrogens (tertiary/aromatic N) is 1. The van der Waals surface area contributed by atoms with Crippen molar-refractivity contribution in [1.29, 1.82) is 0 Å². The Morgan fingerprint density at radius 1 is 1.43 bits per heavy atom. The molecule has 1 aliphatic rings. The van der Waals surface area contributed by atoms with Crippen LogP contribution in [0.3, 0.4) is 0 Å². The number of hydrogen-bond donors (Lipinski definition) is 2. The van der Waals surface area contributed by atoms with Gasteiger partial charge in [0.05, 0.1) is 0 Å². The van der Waals surface area contributed by atoms with E-state index in [1.54, 1.807) is 0 Å². The summed E-state index contributed by atoms with van der Waals surface area (Å²) in [5.74, 6) is 0.609. The molecule has 0 unspecified atom stereocenters. The SMILES string of the molecule is CCN=C(N)NC1CCC(C)(C)CC1. The average Bonchev–Trinajstić information content (AvgIpc) is 2.09. The zero-order valence-corrected chi connectivity index (χ0v) is 9.64. The minimum absolute atomic E-state index is 0.523. The Kier molecular flexibility index (Phi) is 3.78. The summed E-state index contributed by atoms with van der Waals surface area (Å²) in [7, 11) is 0. The molecule has 0 heterocycles. The first-order valence-electron chi connectivity index (χ1n) is 5.60. The molecule has 3 heteroatoms. The van der Waals surface area contributed by atoms with Gasteiger partial charge in [0.1, 0.15) is 0 Å². The van der Waals surface area contributed by atoms with Gasteiger partial charge in [-0.3, -0.25) is 4.99 Å². The highest BCUT2D eigenvalue weighted by molar-refractivity contribution is 5.78. The summed E-state index contributed by atoms with van der Waals surface area (Å²) in [5, 5.41) is 3.29. The van der Waals surface area contributed by atoms with Crippen LogP contribution in [0.1, 0.15) is 46.5 Å². The van der Waals surface area contributed by atoms with E-state index in [0.717, 1.165) is 6.54 Å². The molecule has 0 atom stereocenters. The van der Waals surface area contributed by atoms with Crippen LogP contribution < -0.4 is 11.1 Å². The predicted octanol–water partition coefficient (Wildman–Crippen LogP) is 1.88. The minimum atomic E-state index is 0.523. The van der Waals surface area contributed by atoms with Crippen LogP contribution in [0.2, 0.25) is 0 Å². The second-order valence-corrected chi connectivity index (χ2v) is 4.94. The van der Waals surface area contributed by atoms with E-state index < -0.39 is 0 Å². The second-order valence-electron chi connectivity index (χ2n) is 4.94. The van der Waals surface area contributed by atoms with Crippen molar-refractivity contribution in [2.45, 2.75) is 52.5 Å². The van der Waals surface area contributed by atoms with Gasteiger partial charge < -0.3 is 11.1 Å². The number of nitrogens with two attached hydrogens (primary N) is 1. The molecule has 0 radical (unpaired) electrons. The molecule has 0 bridgehead atoms. The van der Waals surface area contributed by atoms with Gasteiger partial charge in [-0.25, -0.2) is 0 Å². The Bertz CT molecular complexity index is 199. The summed E-state index contributed by atoms with van der Waals surface area (Å²) in [6.07, 6.45) is 4.99. The molecule has 1 aliphatic carbocycles. The molecule has 0 aliphatic heterocycles. The van der Waals surface area contributed by atoms with E-state index in [2.05, 4.69) is 24.2 Å². The van der Waals surface area contributed by atoms with Gasteiger partial charge in [-0.05, 0) is 38.0 Å². The highest BCUT2D eigenvalue weighted by Gasteiger charge is 2.26. The first-order chi connectivity index (χ1) is 6.53. The molecule has 3 nitrogen and oxygen atoms in total. The van der Waals surface area contributed by atoms with Crippen LogP contribution in [-0.4, -0.2) is 18.5 Å². The molecule has 0 aromatic rings. The minimum Gasteiger partial charge on any atom is -0.370 e. The fourth-order valence-electron chi connectivity index (χ4n) is 1.97. The molecule has 82 valence electrons. The van der Waals surface area contributed by atoms with Crippen molar-refractivity contribution >= 4 is 5.96 Å². The Morgan fingerprint density at radius 3 is 2.50 bits per heavy atom. The van der Waals surface area contributed by atoms with E-state index in [1.807, 2.05) is 6.92 Å². The highest BCUT2D eigenvalue weighted by atomic mass is 15.1. The molecule has 14 heavy (non-hydrogen) atoms. The van der Waals surface area contributed by atoms with Crippen LogP contribution in [0.5, 0.6) is 0 Å². The predicted molar refractivity (Wildman–Crippen MR) is 61.3 cm³/mol. The third-order valence-electron chi connectivity index (χ3n) is 3.02. The quantitative estimate of drug-likeness (QED) is 0.524. The summed E-state index contributed by atoms with van der Waals surface area (Å²) in [5.41, 5.74) is 6.24. The largest absolute Gasteiger partial charge is 0.370 e. The molecule has 0 spiro atoms. The fourth-order valence-corrected chi connectivity index (χ4v) is 1.97. The zero-order chi connectivity index (χ0) is 10.6. The van der Waals surface area contributed by atoms with Gasteiger partial charge in [-0.1, -0.05) is 13.8 Å². The van der Waals surface area contributed by atoms with Crippen molar-refractivity contribution < 1.29 is 0 Å². The lowest BCUT2D eigenvalue weighted by atomic mass is 9.76. The van der Waals surface area contributed by atoms with Crippen LogP contribution in [0.25, 0.3) is 0 Å². The molecular formula is C11H23N3. The van der Waals surface area contributed by atoms with E-state index in [1.165, 1.54) is 25.7 Å². The molecule has 0 saturated heterocycles. The molecule has 3 N–H and O–H groups in total. The summed E-state index contributed by atoms with van der Waals surface area (Å²) in [6.45, 7) is 7.44. The molecule has 0 aromatic carbocycles. The maximum Gasteiger partial charge on any atom is 0.188 e. The highest BCUT2D eigenvalue weighted by Crippen LogP contribution is 2.34. The van der Waals surface area contributed by atoms with Crippen molar-refractivity contribution in [2.75, 3.05) is 6.54 Å². The van der Waals surface area contributed by atoms with Crippen molar-refractivity contribution in [2.24, 2.45) is 16.1 Å². The number of aliphatic imine (C=N–C) groups is 1. The Hall–Kier alpha value is -0.730. The number of rotatable bonds is 2. The van der Waals surface area contributed by atoms with E-state index in [4.69, 9.17) is 5.73 Å². The van der Waals surface area contributed by atoms with Crippen molar-refractivity contribution in [1.82, 2.24) is 5.32 Å². The number of guanidine groups is 1. The molecule has 0 amide bonds. The Balaban J connectivity index is 2.32. The van der Waals surface area contributed by atoms with E-state index in [0.29, 0.717) is 17.4 Å². The lowest BCUT2D eigenvalue weighted by Crippen LogP contribution is -2.43. The standard InChI is InChI=1S/C11H23N3/c1-4-13-10(12)14-9-5-7-11(2,3)8-6-9/h9H,4-8H2,1-3H3,(H3,12,13,14). The van der Waals surface area contributed by atoms with Crippen molar-refractivity contribution in [3.05, 3.63) is 0 Å². The Labute approximate surface area is 87.2 Å². The summed E-state index contributed by atoms with van der Waals surface area (Å²) >= 11 is 0. The van der Waals surface area contributed by atoms with E-state index in [9.17, 15) is 0 Å². The monoisotopic (exact) mass is 197 g/mol. The molecule has 1 rings (SSSR count). The third kappa shape index (κ3) is 3.56. The van der Waals surface area contributed by atoms with Gasteiger partial charge >= 0.3 is 0 Å². The summed E-state index contributed by atoms with van der Waals surface area (Å²) in [6, 6.07) is 0.540. The molecule has 1 fully saturated rings. The second kappa shape index (κ2) is 4.67. The lowest BCUT2D eigenvalue weighted by molar-refractivity contribution is 0.217. The normalized spacial score (nSPS) is 23.5. The van der Waals surface area contributed by atoms with Crippen molar-refractivity contribution in [3.8, 4) is 0 Å². The van der Waals surface area contributed by atoms with E-state index in [-0.39, 0.29) is 0 Å². The summed E-state index contributed by atoms with van der Waals surface area (Å²) < 4.78 is 0. The number of nitrogens with one attached hydrogen (secondary N) is 1. The van der Waals surface area contributed by atoms with E-state index >= 15 is 0 Å². The topological polar surface area (TPSA) is 50.4 Å². The third-order valence-corrected chi connectivity index (χ3v) is 3.02. The van der Waals surface area contributed by atoms with Crippen LogP contribution in [0, 0.1) is 5.41 Å². The van der Waals surface area contributed by atoms with Gasteiger partial charge in [0.25, 0.3) is 0 Å².